The topological polar surface area (TPSA) is 84.3 Å². The Labute approximate surface area is 111 Å². The molecule has 2 atom stereocenters. The molecule has 0 radical (unpaired) electrons. The van der Waals surface area contributed by atoms with Crippen molar-refractivity contribution < 1.29 is 9.72 Å². The maximum atomic E-state index is 11.9. The van der Waals surface area contributed by atoms with E-state index in [1.54, 1.807) is 12.1 Å². The Morgan fingerprint density at radius 2 is 2.16 bits per heavy atom. The van der Waals surface area contributed by atoms with Gasteiger partial charge in [-0.05, 0) is 24.4 Å². The second kappa shape index (κ2) is 5.79. The maximum absolute atomic E-state index is 11.9. The summed E-state index contributed by atoms with van der Waals surface area (Å²) in [4.78, 5) is 22.0. The number of rotatable bonds is 4. The lowest BCUT2D eigenvalue weighted by Crippen LogP contribution is -2.42. The van der Waals surface area contributed by atoms with E-state index in [0.29, 0.717) is 12.5 Å². The predicted octanol–water partition coefficient (Wildman–Crippen LogP) is 1.21. The van der Waals surface area contributed by atoms with E-state index in [9.17, 15) is 14.9 Å². The normalized spacial score (nSPS) is 22.2. The van der Waals surface area contributed by atoms with Crippen molar-refractivity contribution in [2.24, 2.45) is 5.92 Å². The lowest BCUT2D eigenvalue weighted by Gasteiger charge is -2.15. The van der Waals surface area contributed by atoms with Crippen LogP contribution in [0.3, 0.4) is 0 Å². The molecule has 102 valence electrons. The Bertz CT molecular complexity index is 473. The van der Waals surface area contributed by atoms with Gasteiger partial charge in [-0.2, -0.15) is 0 Å². The third-order valence-corrected chi connectivity index (χ3v) is 3.43. The highest BCUT2D eigenvalue weighted by Gasteiger charge is 2.28. The molecule has 1 aliphatic heterocycles. The molecule has 1 aliphatic rings. The van der Waals surface area contributed by atoms with Gasteiger partial charge < -0.3 is 10.6 Å². The summed E-state index contributed by atoms with van der Waals surface area (Å²) in [5, 5.41) is 16.5. The fraction of sp³-hybridized carbons (Fsp3) is 0.462. The summed E-state index contributed by atoms with van der Waals surface area (Å²) >= 11 is 0. The number of carbonyl (C=O) groups is 1. The first-order valence-electron chi connectivity index (χ1n) is 6.32. The summed E-state index contributed by atoms with van der Waals surface area (Å²) in [5.74, 6) is 0.334. The van der Waals surface area contributed by atoms with Gasteiger partial charge in [-0.25, -0.2) is 0 Å². The fourth-order valence-electron chi connectivity index (χ4n) is 2.22. The summed E-state index contributed by atoms with van der Waals surface area (Å²) in [7, 11) is 0. The monoisotopic (exact) mass is 263 g/mol. The lowest BCUT2D eigenvalue weighted by atomic mass is 10.0. The van der Waals surface area contributed by atoms with Crippen LogP contribution in [-0.4, -0.2) is 23.4 Å². The Kier molecular flexibility index (Phi) is 4.11. The van der Waals surface area contributed by atoms with E-state index < -0.39 is 4.92 Å². The first kappa shape index (κ1) is 13.5. The van der Waals surface area contributed by atoms with Gasteiger partial charge in [0.15, 0.2) is 0 Å². The third kappa shape index (κ3) is 3.29. The average Bonchev–Trinajstić information content (AvgIpc) is 2.83. The van der Waals surface area contributed by atoms with Crippen molar-refractivity contribution in [1.82, 2.24) is 10.6 Å². The second-order valence-corrected chi connectivity index (χ2v) is 4.84. The number of carbonyl (C=O) groups excluding carboxylic acids is 1. The van der Waals surface area contributed by atoms with E-state index in [1.807, 2.05) is 0 Å². The minimum Gasteiger partial charge on any atom is -0.351 e. The highest BCUT2D eigenvalue weighted by molar-refractivity contribution is 5.82. The molecule has 0 spiro atoms. The van der Waals surface area contributed by atoms with Gasteiger partial charge in [-0.15, -0.1) is 0 Å². The number of benzene rings is 1. The molecule has 19 heavy (non-hydrogen) atoms. The number of hydrogen-bond acceptors (Lipinski definition) is 4. The molecule has 1 amide bonds. The summed E-state index contributed by atoms with van der Waals surface area (Å²) in [6.45, 7) is 3.31. The third-order valence-electron chi connectivity index (χ3n) is 3.43. The van der Waals surface area contributed by atoms with E-state index in [0.717, 1.165) is 18.5 Å². The number of nitrogens with zero attached hydrogens (tertiary/aromatic N) is 1. The highest BCUT2D eigenvalue weighted by atomic mass is 16.6. The largest absolute Gasteiger partial charge is 0.351 e. The predicted molar refractivity (Wildman–Crippen MR) is 70.5 cm³/mol. The molecule has 2 N–H and O–H groups in total. The van der Waals surface area contributed by atoms with Crippen molar-refractivity contribution in [1.29, 1.82) is 0 Å². The first-order valence-corrected chi connectivity index (χ1v) is 6.32. The smallest absolute Gasteiger partial charge is 0.269 e. The SMILES string of the molecule is CC1CCNC1C(=O)NCc1ccc([N+](=O)[O-])cc1. The van der Waals surface area contributed by atoms with Crippen molar-refractivity contribution in [3.8, 4) is 0 Å². The number of nitrogens with one attached hydrogen (secondary N) is 2. The molecule has 0 aromatic heterocycles. The van der Waals surface area contributed by atoms with Gasteiger partial charge in [-0.3, -0.25) is 14.9 Å². The van der Waals surface area contributed by atoms with Gasteiger partial charge in [0.1, 0.15) is 0 Å². The van der Waals surface area contributed by atoms with E-state index in [1.165, 1.54) is 12.1 Å². The molecule has 0 saturated carbocycles. The molecule has 1 aromatic carbocycles. The van der Waals surface area contributed by atoms with Gasteiger partial charge in [0, 0.05) is 18.7 Å². The van der Waals surface area contributed by atoms with Gasteiger partial charge in [0.25, 0.3) is 5.69 Å². The zero-order valence-electron chi connectivity index (χ0n) is 10.8. The van der Waals surface area contributed by atoms with Gasteiger partial charge in [0.2, 0.25) is 5.91 Å². The maximum Gasteiger partial charge on any atom is 0.269 e. The fourth-order valence-corrected chi connectivity index (χ4v) is 2.22. The number of nitro benzene ring substituents is 1. The van der Waals surface area contributed by atoms with Crippen molar-refractivity contribution in [2.45, 2.75) is 25.9 Å². The van der Waals surface area contributed by atoms with E-state index >= 15 is 0 Å². The minimum atomic E-state index is -0.438. The Morgan fingerprint density at radius 1 is 1.47 bits per heavy atom. The van der Waals surface area contributed by atoms with E-state index in [2.05, 4.69) is 17.6 Å². The van der Waals surface area contributed by atoms with Crippen molar-refractivity contribution >= 4 is 11.6 Å². The number of hydrogen-bond donors (Lipinski definition) is 2. The minimum absolute atomic E-state index is 0.0108. The molecular weight excluding hydrogens is 246 g/mol. The van der Waals surface area contributed by atoms with Crippen LogP contribution in [-0.2, 0) is 11.3 Å². The Morgan fingerprint density at radius 3 is 2.68 bits per heavy atom. The molecule has 1 aromatic rings. The molecule has 0 bridgehead atoms. The average molecular weight is 263 g/mol. The van der Waals surface area contributed by atoms with Crippen LogP contribution < -0.4 is 10.6 Å². The van der Waals surface area contributed by atoms with E-state index in [4.69, 9.17) is 0 Å². The Balaban J connectivity index is 1.88. The molecule has 2 rings (SSSR count). The molecule has 6 heteroatoms. The van der Waals surface area contributed by atoms with Gasteiger partial charge >= 0.3 is 0 Å². The number of amides is 1. The van der Waals surface area contributed by atoms with Crippen LogP contribution in [0.5, 0.6) is 0 Å². The van der Waals surface area contributed by atoms with Crippen molar-refractivity contribution in [2.75, 3.05) is 6.54 Å². The second-order valence-electron chi connectivity index (χ2n) is 4.84. The standard InChI is InChI=1S/C13H17N3O3/c1-9-6-7-14-12(9)13(17)15-8-10-2-4-11(5-3-10)16(18)19/h2-5,9,12,14H,6-8H2,1H3,(H,15,17). The first-order chi connectivity index (χ1) is 9.08. The van der Waals surface area contributed by atoms with Crippen LogP contribution in [0.15, 0.2) is 24.3 Å². The van der Waals surface area contributed by atoms with Crippen molar-refractivity contribution in [3.63, 3.8) is 0 Å². The van der Waals surface area contributed by atoms with Crippen LogP contribution in [0.2, 0.25) is 0 Å². The lowest BCUT2D eigenvalue weighted by molar-refractivity contribution is -0.384. The number of nitro groups is 1. The zero-order chi connectivity index (χ0) is 13.8. The highest BCUT2D eigenvalue weighted by Crippen LogP contribution is 2.15. The van der Waals surface area contributed by atoms with Gasteiger partial charge in [0.05, 0.1) is 11.0 Å². The van der Waals surface area contributed by atoms with Gasteiger partial charge in [-0.1, -0.05) is 19.1 Å². The van der Waals surface area contributed by atoms with Crippen LogP contribution in [0.25, 0.3) is 0 Å². The van der Waals surface area contributed by atoms with Crippen LogP contribution in [0, 0.1) is 16.0 Å². The van der Waals surface area contributed by atoms with Crippen molar-refractivity contribution in [3.05, 3.63) is 39.9 Å². The molecule has 0 aliphatic carbocycles. The van der Waals surface area contributed by atoms with Crippen LogP contribution in [0.4, 0.5) is 5.69 Å². The zero-order valence-corrected chi connectivity index (χ0v) is 10.8. The molecular formula is C13H17N3O3. The number of non-ortho nitro benzene ring substituents is 1. The summed E-state index contributed by atoms with van der Waals surface area (Å²) < 4.78 is 0. The summed E-state index contributed by atoms with van der Waals surface area (Å²) in [6.07, 6.45) is 1.01. The summed E-state index contributed by atoms with van der Waals surface area (Å²) in [6, 6.07) is 6.07. The van der Waals surface area contributed by atoms with Crippen LogP contribution in [0.1, 0.15) is 18.9 Å². The molecule has 1 heterocycles. The quantitative estimate of drug-likeness (QED) is 0.631. The van der Waals surface area contributed by atoms with Crippen LogP contribution >= 0.6 is 0 Å². The van der Waals surface area contributed by atoms with E-state index in [-0.39, 0.29) is 17.6 Å². The summed E-state index contributed by atoms with van der Waals surface area (Å²) in [5.41, 5.74) is 0.908. The molecule has 1 saturated heterocycles. The molecule has 1 fully saturated rings. The Hall–Kier alpha value is -1.95. The molecule has 2 unspecified atom stereocenters. The molecule has 6 nitrogen and oxygen atoms in total.